The molecule has 1 N–H and O–H groups in total. The average Bonchev–Trinajstić information content (AvgIpc) is 2.79. The second-order valence-electron chi connectivity index (χ2n) is 5.53. The predicted molar refractivity (Wildman–Crippen MR) is 99.9 cm³/mol. The van der Waals surface area contributed by atoms with Crippen molar-refractivity contribution in [1.29, 1.82) is 0 Å². The van der Waals surface area contributed by atoms with Crippen molar-refractivity contribution in [1.82, 2.24) is 4.98 Å². The van der Waals surface area contributed by atoms with Crippen molar-refractivity contribution in [2.45, 2.75) is 6.92 Å². The van der Waals surface area contributed by atoms with Gasteiger partial charge in [-0.1, -0.05) is 18.2 Å². The van der Waals surface area contributed by atoms with E-state index in [0.29, 0.717) is 5.75 Å². The third kappa shape index (κ3) is 3.67. The van der Waals surface area contributed by atoms with Gasteiger partial charge in [0.1, 0.15) is 11.4 Å². The molecule has 0 saturated heterocycles. The first-order valence-corrected chi connectivity index (χ1v) is 8.23. The number of esters is 1. The molecule has 0 spiro atoms. The molecule has 0 aliphatic rings. The largest absolute Gasteiger partial charge is 0.490 e. The molecule has 2 aromatic carbocycles. The Labute approximate surface area is 154 Å². The molecular formula is C20H17NO6. The van der Waals surface area contributed by atoms with E-state index in [1.165, 1.54) is 19.2 Å². The summed E-state index contributed by atoms with van der Waals surface area (Å²) < 4.78 is 16.0. The number of ether oxygens (including phenoxy) is 3. The summed E-state index contributed by atoms with van der Waals surface area (Å²) in [6.45, 7) is 1.83. The fourth-order valence-electron chi connectivity index (χ4n) is 2.61. The number of aromatic amines is 1. The number of carbonyl (C=O) groups excluding carboxylic acids is 1. The van der Waals surface area contributed by atoms with Crippen LogP contribution in [0, 0.1) is 0 Å². The van der Waals surface area contributed by atoms with Gasteiger partial charge in [-0.15, -0.1) is 0 Å². The molecule has 7 nitrogen and oxygen atoms in total. The Morgan fingerprint density at radius 3 is 2.41 bits per heavy atom. The monoisotopic (exact) mass is 367 g/mol. The summed E-state index contributed by atoms with van der Waals surface area (Å²) in [7, 11) is 1.32. The quantitative estimate of drug-likeness (QED) is 0.697. The molecule has 3 rings (SSSR count). The number of H-pyrrole nitrogens is 1. The lowest BCUT2D eigenvalue weighted by atomic mass is 10.2. The van der Waals surface area contributed by atoms with E-state index in [-0.39, 0.29) is 34.7 Å². The molecule has 27 heavy (non-hydrogen) atoms. The summed E-state index contributed by atoms with van der Waals surface area (Å²) >= 11 is 0. The van der Waals surface area contributed by atoms with E-state index in [0.717, 1.165) is 6.07 Å². The molecule has 1 heterocycles. The Morgan fingerprint density at radius 1 is 1.00 bits per heavy atom. The van der Waals surface area contributed by atoms with E-state index in [9.17, 15) is 14.4 Å². The molecule has 3 aromatic rings. The standard InChI is InChI=1S/C20H17NO6/c1-3-26-20(24)14-11-16(23)17-13(21-14)9-10-15(22)18(25-2)19(17)27-12-7-5-4-6-8-12/h4-11H,3H2,1-2H3,(H,21,23). The first kappa shape index (κ1) is 18.2. The van der Waals surface area contributed by atoms with Gasteiger partial charge in [-0.2, -0.15) is 0 Å². The van der Waals surface area contributed by atoms with E-state index in [1.54, 1.807) is 31.2 Å². The Morgan fingerprint density at radius 2 is 1.74 bits per heavy atom. The van der Waals surface area contributed by atoms with Gasteiger partial charge < -0.3 is 19.2 Å². The molecule has 138 valence electrons. The van der Waals surface area contributed by atoms with Crippen molar-refractivity contribution < 1.29 is 19.0 Å². The van der Waals surface area contributed by atoms with Gasteiger partial charge in [0, 0.05) is 6.07 Å². The fraction of sp³-hybridized carbons (Fsp3) is 0.150. The first-order chi connectivity index (χ1) is 13.0. The summed E-state index contributed by atoms with van der Waals surface area (Å²) in [5, 5.41) is 0.0888. The van der Waals surface area contributed by atoms with Crippen LogP contribution >= 0.6 is 0 Å². The number of methoxy groups -OCH3 is 1. The lowest BCUT2D eigenvalue weighted by Crippen LogP contribution is -2.13. The van der Waals surface area contributed by atoms with Gasteiger partial charge in [0.05, 0.1) is 24.6 Å². The molecule has 0 aliphatic heterocycles. The van der Waals surface area contributed by atoms with Gasteiger partial charge in [0.2, 0.25) is 11.2 Å². The van der Waals surface area contributed by atoms with Crippen molar-refractivity contribution in [2.75, 3.05) is 13.7 Å². The van der Waals surface area contributed by atoms with Gasteiger partial charge in [-0.3, -0.25) is 9.59 Å². The molecule has 0 amide bonds. The van der Waals surface area contributed by atoms with Crippen LogP contribution in [0.5, 0.6) is 17.2 Å². The molecule has 0 aliphatic carbocycles. The molecule has 0 bridgehead atoms. The lowest BCUT2D eigenvalue weighted by Gasteiger charge is -2.10. The van der Waals surface area contributed by atoms with Crippen molar-refractivity contribution in [2.24, 2.45) is 0 Å². The minimum atomic E-state index is -0.664. The molecule has 0 radical (unpaired) electrons. The highest BCUT2D eigenvalue weighted by Crippen LogP contribution is 2.33. The van der Waals surface area contributed by atoms with Crippen LogP contribution in [0.15, 0.2) is 58.1 Å². The van der Waals surface area contributed by atoms with E-state index in [2.05, 4.69) is 4.98 Å². The highest BCUT2D eigenvalue weighted by molar-refractivity contribution is 5.93. The smallest absolute Gasteiger partial charge is 0.354 e. The number of nitrogens with one attached hydrogen (secondary N) is 1. The van der Waals surface area contributed by atoms with Crippen molar-refractivity contribution in [3.8, 4) is 17.2 Å². The van der Waals surface area contributed by atoms with Crippen LogP contribution in [0.1, 0.15) is 17.4 Å². The average molecular weight is 367 g/mol. The zero-order valence-corrected chi connectivity index (χ0v) is 14.8. The number of benzene rings is 1. The predicted octanol–water partition coefficient (Wildman–Crippen LogP) is 2.87. The third-order valence-electron chi connectivity index (χ3n) is 3.78. The number of pyridine rings is 1. The van der Waals surface area contributed by atoms with Crippen LogP contribution in [-0.2, 0) is 4.74 Å². The molecule has 1 aromatic heterocycles. The molecule has 0 unspecified atom stereocenters. The number of rotatable bonds is 5. The van der Waals surface area contributed by atoms with E-state index in [4.69, 9.17) is 14.2 Å². The number of hydrogen-bond donors (Lipinski definition) is 1. The summed E-state index contributed by atoms with van der Waals surface area (Å²) in [5.41, 5.74) is -0.744. The number of hydrogen-bond acceptors (Lipinski definition) is 6. The highest BCUT2D eigenvalue weighted by atomic mass is 16.5. The van der Waals surface area contributed by atoms with Gasteiger partial charge in [0.15, 0.2) is 11.2 Å². The van der Waals surface area contributed by atoms with E-state index < -0.39 is 16.8 Å². The molecule has 0 atom stereocenters. The van der Waals surface area contributed by atoms with Crippen LogP contribution in [0.4, 0.5) is 0 Å². The second-order valence-corrected chi connectivity index (χ2v) is 5.53. The third-order valence-corrected chi connectivity index (χ3v) is 3.78. The summed E-state index contributed by atoms with van der Waals surface area (Å²) in [4.78, 5) is 40.0. The minimum Gasteiger partial charge on any atom is -0.490 e. The van der Waals surface area contributed by atoms with Crippen molar-refractivity contribution in [3.63, 3.8) is 0 Å². The lowest BCUT2D eigenvalue weighted by molar-refractivity contribution is 0.0520. The number of aromatic nitrogens is 1. The Balaban J connectivity index is 2.32. The maximum Gasteiger partial charge on any atom is 0.354 e. The SMILES string of the molecule is CCOC(=O)c1cc(=O)c2c(Oc3ccccc3)c(OC)c(=O)ccc2[nH]1. The zero-order chi connectivity index (χ0) is 19.4. The van der Waals surface area contributed by atoms with Gasteiger partial charge in [0.25, 0.3) is 0 Å². The van der Waals surface area contributed by atoms with E-state index in [1.807, 2.05) is 6.07 Å². The minimum absolute atomic E-state index is 0.0161. The maximum absolute atomic E-state index is 12.8. The second kappa shape index (κ2) is 7.74. The number of para-hydroxylation sites is 1. The summed E-state index contributed by atoms with van der Waals surface area (Å²) in [6.07, 6.45) is 0. The number of carbonyl (C=O) groups is 1. The first-order valence-electron chi connectivity index (χ1n) is 8.23. The molecule has 0 saturated carbocycles. The fourth-order valence-corrected chi connectivity index (χ4v) is 2.61. The van der Waals surface area contributed by atoms with Gasteiger partial charge >= 0.3 is 5.97 Å². The molecule has 0 fully saturated rings. The summed E-state index contributed by atoms with van der Waals surface area (Å²) in [5.74, 6) is -0.368. The van der Waals surface area contributed by atoms with Gasteiger partial charge in [-0.25, -0.2) is 4.79 Å². The Hall–Kier alpha value is -3.61. The Bertz CT molecular complexity index is 1100. The topological polar surface area (TPSA) is 94.7 Å². The van der Waals surface area contributed by atoms with Crippen molar-refractivity contribution >= 4 is 16.9 Å². The maximum atomic E-state index is 12.8. The van der Waals surface area contributed by atoms with Crippen LogP contribution in [-0.4, -0.2) is 24.7 Å². The van der Waals surface area contributed by atoms with Crippen LogP contribution < -0.4 is 20.3 Å². The van der Waals surface area contributed by atoms with Crippen LogP contribution in [0.25, 0.3) is 10.9 Å². The zero-order valence-electron chi connectivity index (χ0n) is 14.8. The Kier molecular flexibility index (Phi) is 5.21. The molecular weight excluding hydrogens is 350 g/mol. The van der Waals surface area contributed by atoms with Gasteiger partial charge in [-0.05, 0) is 31.2 Å². The van der Waals surface area contributed by atoms with Crippen LogP contribution in [0.2, 0.25) is 0 Å². The molecule has 7 heteroatoms. The summed E-state index contributed by atoms with van der Waals surface area (Å²) in [6, 6.07) is 12.5. The normalized spacial score (nSPS) is 10.4. The highest BCUT2D eigenvalue weighted by Gasteiger charge is 2.18. The van der Waals surface area contributed by atoms with E-state index >= 15 is 0 Å². The van der Waals surface area contributed by atoms with Crippen LogP contribution in [0.3, 0.4) is 0 Å². The van der Waals surface area contributed by atoms with Crippen molar-refractivity contribution in [3.05, 3.63) is 74.7 Å². The number of fused-ring (bicyclic) bond motifs is 1.